The molecule has 0 N–H and O–H groups in total. The van der Waals surface area contributed by atoms with Crippen molar-refractivity contribution in [3.05, 3.63) is 150 Å². The van der Waals surface area contributed by atoms with Crippen molar-refractivity contribution in [1.82, 2.24) is 4.98 Å². The fraction of sp³-hybridized carbons (Fsp3) is 0.0930. The zero-order chi connectivity index (χ0) is 29.9. The van der Waals surface area contributed by atoms with Crippen molar-refractivity contribution in [2.75, 3.05) is 0 Å². The monoisotopic (exact) mass is 563 g/mol. The number of benzene rings is 6. The second kappa shape index (κ2) is 10.2. The van der Waals surface area contributed by atoms with Crippen molar-refractivity contribution in [2.45, 2.75) is 27.7 Å². The minimum atomic E-state index is 1.00. The quantitative estimate of drug-likeness (QED) is 0.207. The maximum absolute atomic E-state index is 5.19. The number of aromatic nitrogens is 1. The number of hydrogen-bond donors (Lipinski definition) is 0. The van der Waals surface area contributed by atoms with Gasteiger partial charge in [0.2, 0.25) is 0 Å². The lowest BCUT2D eigenvalue weighted by Crippen LogP contribution is -1.90. The lowest BCUT2D eigenvalue weighted by Gasteiger charge is -2.14. The molecule has 7 aromatic rings. The molecular weight excluding hydrogens is 530 g/mol. The smallest absolute Gasteiger partial charge is 0.0722 e. The molecule has 1 aliphatic rings. The normalized spacial score (nSPS) is 11.6. The molecular formula is C43H33N. The number of fused-ring (bicyclic) bond motifs is 3. The highest BCUT2D eigenvalue weighted by atomic mass is 14.7. The van der Waals surface area contributed by atoms with Gasteiger partial charge in [-0.15, -0.1) is 0 Å². The molecule has 0 atom stereocenters. The summed E-state index contributed by atoms with van der Waals surface area (Å²) in [5.74, 6) is 0. The third kappa shape index (κ3) is 4.53. The van der Waals surface area contributed by atoms with E-state index in [1.807, 2.05) is 0 Å². The lowest BCUT2D eigenvalue weighted by atomic mass is 9.90. The van der Waals surface area contributed by atoms with Crippen molar-refractivity contribution in [1.29, 1.82) is 0 Å². The van der Waals surface area contributed by atoms with Gasteiger partial charge in [0.25, 0.3) is 0 Å². The summed E-state index contributed by atoms with van der Waals surface area (Å²) >= 11 is 0. The first-order valence-corrected chi connectivity index (χ1v) is 15.4. The molecule has 44 heavy (non-hydrogen) atoms. The van der Waals surface area contributed by atoms with Crippen LogP contribution in [-0.4, -0.2) is 4.98 Å². The van der Waals surface area contributed by atoms with Gasteiger partial charge in [-0.1, -0.05) is 113 Å². The van der Waals surface area contributed by atoms with Gasteiger partial charge >= 0.3 is 0 Å². The first-order chi connectivity index (χ1) is 21.4. The third-order valence-electron chi connectivity index (χ3n) is 8.88. The van der Waals surface area contributed by atoms with Crippen molar-refractivity contribution in [3.63, 3.8) is 0 Å². The molecule has 0 unspecified atom stereocenters. The minimum absolute atomic E-state index is 1.00. The summed E-state index contributed by atoms with van der Waals surface area (Å²) in [7, 11) is 0. The van der Waals surface area contributed by atoms with Crippen LogP contribution in [0.5, 0.6) is 0 Å². The average molecular weight is 564 g/mol. The summed E-state index contributed by atoms with van der Waals surface area (Å²) in [4.78, 5) is 5.19. The second-order valence-corrected chi connectivity index (χ2v) is 12.4. The van der Waals surface area contributed by atoms with Crippen LogP contribution < -0.4 is 0 Å². The van der Waals surface area contributed by atoms with Crippen LogP contribution in [-0.2, 0) is 0 Å². The summed E-state index contributed by atoms with van der Waals surface area (Å²) < 4.78 is 0. The first kappa shape index (κ1) is 26.4. The summed E-state index contributed by atoms with van der Waals surface area (Å²) in [5.41, 5.74) is 20.8. The van der Waals surface area contributed by atoms with Crippen LogP contribution in [0.3, 0.4) is 0 Å². The topological polar surface area (TPSA) is 12.9 Å². The van der Waals surface area contributed by atoms with Crippen molar-refractivity contribution in [3.8, 4) is 66.9 Å². The number of pyridine rings is 1. The Morgan fingerprint density at radius 1 is 0.341 bits per heavy atom. The van der Waals surface area contributed by atoms with Crippen LogP contribution in [0.25, 0.3) is 77.8 Å². The number of nitrogens with zero attached hydrogens (tertiary/aromatic N) is 1. The van der Waals surface area contributed by atoms with Crippen molar-refractivity contribution < 1.29 is 0 Å². The predicted molar refractivity (Wildman–Crippen MR) is 187 cm³/mol. The Morgan fingerprint density at radius 3 is 1.41 bits per heavy atom. The lowest BCUT2D eigenvalue weighted by molar-refractivity contribution is 1.37. The molecule has 0 radical (unpaired) electrons. The largest absolute Gasteiger partial charge is 0.248 e. The summed E-state index contributed by atoms with van der Waals surface area (Å²) in [6.07, 6.45) is 0. The van der Waals surface area contributed by atoms with E-state index in [9.17, 15) is 0 Å². The van der Waals surface area contributed by atoms with Crippen LogP contribution >= 0.6 is 0 Å². The zero-order valence-corrected chi connectivity index (χ0v) is 25.6. The molecule has 0 saturated heterocycles. The minimum Gasteiger partial charge on any atom is -0.248 e. The van der Waals surface area contributed by atoms with Gasteiger partial charge in [0.15, 0.2) is 0 Å². The van der Waals surface area contributed by atoms with Gasteiger partial charge in [0, 0.05) is 10.9 Å². The Hall–Kier alpha value is -5.27. The molecule has 0 bridgehead atoms. The molecule has 1 aliphatic carbocycles. The Balaban J connectivity index is 1.30. The highest BCUT2D eigenvalue weighted by Crippen LogP contribution is 2.47. The molecule has 1 nitrogen and oxygen atoms in total. The highest BCUT2D eigenvalue weighted by Gasteiger charge is 2.22. The number of aryl methyl sites for hydroxylation is 4. The summed E-state index contributed by atoms with van der Waals surface area (Å²) in [5, 5.41) is 1.26. The molecule has 0 spiro atoms. The number of rotatable bonds is 4. The Bertz CT molecular complexity index is 2160. The molecule has 0 amide bonds. The van der Waals surface area contributed by atoms with Gasteiger partial charge in [0.1, 0.15) is 0 Å². The van der Waals surface area contributed by atoms with Crippen LogP contribution in [0.1, 0.15) is 22.3 Å². The highest BCUT2D eigenvalue weighted by molar-refractivity contribution is 6.14. The third-order valence-corrected chi connectivity index (χ3v) is 8.88. The van der Waals surface area contributed by atoms with Crippen LogP contribution in [0.15, 0.2) is 127 Å². The van der Waals surface area contributed by atoms with Gasteiger partial charge in [-0.2, -0.15) is 0 Å². The van der Waals surface area contributed by atoms with Crippen LogP contribution in [0, 0.1) is 27.7 Å². The average Bonchev–Trinajstić information content (AvgIpc) is 3.35. The molecule has 8 rings (SSSR count). The zero-order valence-electron chi connectivity index (χ0n) is 25.6. The molecule has 0 fully saturated rings. The van der Waals surface area contributed by atoms with E-state index in [0.717, 1.165) is 16.8 Å². The molecule has 0 saturated carbocycles. The fourth-order valence-electron chi connectivity index (χ4n) is 7.09. The van der Waals surface area contributed by atoms with Gasteiger partial charge < -0.3 is 0 Å². The molecule has 1 aromatic heterocycles. The fourth-order valence-corrected chi connectivity index (χ4v) is 7.09. The number of hydrogen-bond acceptors (Lipinski definition) is 1. The molecule has 1 heterocycles. The maximum Gasteiger partial charge on any atom is 0.0722 e. The van der Waals surface area contributed by atoms with Crippen LogP contribution in [0.2, 0.25) is 0 Å². The summed E-state index contributed by atoms with van der Waals surface area (Å²) in [6.45, 7) is 8.71. The van der Waals surface area contributed by atoms with Gasteiger partial charge in [-0.25, -0.2) is 4.98 Å². The van der Waals surface area contributed by atoms with Gasteiger partial charge in [-0.3, -0.25) is 0 Å². The second-order valence-electron chi connectivity index (χ2n) is 12.4. The van der Waals surface area contributed by atoms with Gasteiger partial charge in [-0.05, 0) is 120 Å². The van der Waals surface area contributed by atoms with E-state index in [4.69, 9.17) is 4.98 Å². The predicted octanol–water partition coefficient (Wildman–Crippen LogP) is 11.8. The van der Waals surface area contributed by atoms with E-state index in [-0.39, 0.29) is 0 Å². The first-order valence-electron chi connectivity index (χ1n) is 15.4. The van der Waals surface area contributed by atoms with E-state index in [0.29, 0.717) is 0 Å². The van der Waals surface area contributed by atoms with Crippen molar-refractivity contribution in [2.24, 2.45) is 0 Å². The Labute approximate surface area is 259 Å². The SMILES string of the molecule is Cc1cc(C)cc(-c2cc(-c3cc(C)cc(C)c3)cc(-c3cccc(-c4cc5c6c(cccc6n4)-c4ccccc4-5)c3)c2)c1. The van der Waals surface area contributed by atoms with E-state index in [1.54, 1.807) is 0 Å². The maximum atomic E-state index is 5.19. The van der Waals surface area contributed by atoms with Gasteiger partial charge in [0.05, 0.1) is 11.2 Å². The summed E-state index contributed by atoms with van der Waals surface area (Å²) in [6, 6.07) is 47.1. The van der Waals surface area contributed by atoms with E-state index >= 15 is 0 Å². The van der Waals surface area contributed by atoms with Crippen LogP contribution in [0.4, 0.5) is 0 Å². The van der Waals surface area contributed by atoms with Crippen molar-refractivity contribution >= 4 is 10.9 Å². The van der Waals surface area contributed by atoms with E-state index < -0.39 is 0 Å². The molecule has 6 aromatic carbocycles. The Kier molecular flexibility index (Phi) is 6.10. The standard InChI is InChI=1S/C43H33N/c1-26-15-27(2)18-32(17-26)35-22-34(23-36(24-35)33-19-28(3)16-29(4)20-33)30-9-7-10-31(21-30)42-25-40-38-12-6-5-11-37(38)39-13-8-14-41(44-42)43(39)40/h5-25H,1-4H3. The molecule has 210 valence electrons. The van der Waals surface area contributed by atoms with E-state index in [1.165, 1.54) is 83.3 Å². The van der Waals surface area contributed by atoms with E-state index in [2.05, 4.69) is 155 Å². The Morgan fingerprint density at radius 2 is 0.795 bits per heavy atom. The molecule has 0 aliphatic heterocycles. The molecule has 1 heteroatoms.